The van der Waals surface area contributed by atoms with Crippen LogP contribution in [0.2, 0.25) is 0 Å². The normalized spacial score (nSPS) is 13.4. The molecule has 142 valence electrons. The number of ether oxygens (including phenoxy) is 1. The summed E-state index contributed by atoms with van der Waals surface area (Å²) in [6, 6.07) is 6.59. The number of aryl methyl sites for hydroxylation is 1. The lowest BCUT2D eigenvalue weighted by molar-refractivity contribution is -0.118. The molecule has 2 aromatic rings. The standard InChI is InChI=1S/C20H22N2O4S/c1-12(23)13-7-9-14(10-8-13)26-11-17(24)22-20-18(19(21)25)15-5-3-2-4-6-16(15)27-20/h7-10H,2-6,11H2,1H3,(H2,21,25)(H,22,24). The Hall–Kier alpha value is -2.67. The van der Waals surface area contributed by atoms with Crippen molar-refractivity contribution in [2.45, 2.75) is 39.0 Å². The van der Waals surface area contributed by atoms with Crippen molar-refractivity contribution in [3.63, 3.8) is 0 Å². The summed E-state index contributed by atoms with van der Waals surface area (Å²) in [6.07, 6.45) is 4.97. The fraction of sp³-hybridized carbons (Fsp3) is 0.350. The molecule has 3 N–H and O–H groups in total. The van der Waals surface area contributed by atoms with E-state index in [-0.39, 0.29) is 18.3 Å². The number of hydrogen-bond donors (Lipinski definition) is 2. The zero-order valence-corrected chi connectivity index (χ0v) is 16.0. The molecular formula is C20H22N2O4S. The van der Waals surface area contributed by atoms with Crippen LogP contribution < -0.4 is 15.8 Å². The Balaban J connectivity index is 1.67. The van der Waals surface area contributed by atoms with Crippen LogP contribution >= 0.6 is 11.3 Å². The molecule has 0 saturated carbocycles. The molecule has 1 aliphatic rings. The second-order valence-electron chi connectivity index (χ2n) is 6.55. The number of primary amides is 1. The molecule has 0 saturated heterocycles. The van der Waals surface area contributed by atoms with Crippen LogP contribution in [0.15, 0.2) is 24.3 Å². The molecule has 27 heavy (non-hydrogen) atoms. The molecule has 1 aromatic carbocycles. The van der Waals surface area contributed by atoms with Crippen molar-refractivity contribution in [1.29, 1.82) is 0 Å². The van der Waals surface area contributed by atoms with Crippen molar-refractivity contribution in [1.82, 2.24) is 0 Å². The van der Waals surface area contributed by atoms with Crippen molar-refractivity contribution in [3.8, 4) is 5.75 Å². The van der Waals surface area contributed by atoms with Gasteiger partial charge in [0.15, 0.2) is 12.4 Å². The second kappa shape index (κ2) is 8.35. The van der Waals surface area contributed by atoms with E-state index in [9.17, 15) is 14.4 Å². The monoisotopic (exact) mass is 386 g/mol. The number of carbonyl (C=O) groups excluding carboxylic acids is 3. The smallest absolute Gasteiger partial charge is 0.262 e. The van der Waals surface area contributed by atoms with Crippen molar-refractivity contribution >= 4 is 33.9 Å². The Labute approximate surface area is 161 Å². The van der Waals surface area contributed by atoms with Crippen LogP contribution in [0.3, 0.4) is 0 Å². The lowest BCUT2D eigenvalue weighted by Crippen LogP contribution is -2.22. The first kappa shape index (κ1) is 19.1. The zero-order chi connectivity index (χ0) is 19.4. The minimum absolute atomic E-state index is 0.0317. The lowest BCUT2D eigenvalue weighted by atomic mass is 10.1. The minimum Gasteiger partial charge on any atom is -0.484 e. The Morgan fingerprint density at radius 1 is 1.11 bits per heavy atom. The molecule has 0 bridgehead atoms. The van der Waals surface area contributed by atoms with Gasteiger partial charge in [0, 0.05) is 10.4 Å². The number of benzene rings is 1. The molecule has 1 aromatic heterocycles. The first-order valence-corrected chi connectivity index (χ1v) is 9.75. The van der Waals surface area contributed by atoms with Crippen LogP contribution in [-0.2, 0) is 17.6 Å². The lowest BCUT2D eigenvalue weighted by Gasteiger charge is -2.08. The average Bonchev–Trinajstić information content (AvgIpc) is 2.81. The van der Waals surface area contributed by atoms with Gasteiger partial charge in [0.05, 0.1) is 5.56 Å². The summed E-state index contributed by atoms with van der Waals surface area (Å²) >= 11 is 1.43. The number of anilines is 1. The number of hydrogen-bond acceptors (Lipinski definition) is 5. The molecule has 0 fully saturated rings. The van der Waals surface area contributed by atoms with Crippen molar-refractivity contribution in [2.24, 2.45) is 5.73 Å². The van der Waals surface area contributed by atoms with Gasteiger partial charge in [0.1, 0.15) is 10.8 Å². The van der Waals surface area contributed by atoms with Crippen molar-refractivity contribution in [2.75, 3.05) is 11.9 Å². The summed E-state index contributed by atoms with van der Waals surface area (Å²) in [5.74, 6) is -0.405. The highest BCUT2D eigenvalue weighted by Gasteiger charge is 2.24. The average molecular weight is 386 g/mol. The first-order valence-electron chi connectivity index (χ1n) is 8.93. The number of amides is 2. The maximum absolute atomic E-state index is 12.3. The van der Waals surface area contributed by atoms with Gasteiger partial charge in [-0.1, -0.05) is 6.42 Å². The van der Waals surface area contributed by atoms with E-state index >= 15 is 0 Å². The summed E-state index contributed by atoms with van der Waals surface area (Å²) in [5, 5.41) is 3.28. The van der Waals surface area contributed by atoms with Gasteiger partial charge >= 0.3 is 0 Å². The van der Waals surface area contributed by atoms with Gasteiger partial charge in [-0.3, -0.25) is 14.4 Å². The van der Waals surface area contributed by atoms with Gasteiger partial charge in [-0.15, -0.1) is 11.3 Å². The number of thiophene rings is 1. The van der Waals surface area contributed by atoms with E-state index in [1.807, 2.05) is 0 Å². The molecule has 1 aliphatic carbocycles. The maximum atomic E-state index is 12.3. The van der Waals surface area contributed by atoms with Crippen molar-refractivity contribution in [3.05, 3.63) is 45.8 Å². The SMILES string of the molecule is CC(=O)c1ccc(OCC(=O)Nc2sc3c(c2C(N)=O)CCCCC3)cc1. The molecule has 0 aliphatic heterocycles. The molecule has 1 heterocycles. The quantitative estimate of drug-likeness (QED) is 0.587. The van der Waals surface area contributed by atoms with E-state index in [1.165, 1.54) is 18.3 Å². The van der Waals surface area contributed by atoms with Gasteiger partial charge in [0.25, 0.3) is 11.8 Å². The highest BCUT2D eigenvalue weighted by atomic mass is 32.1. The number of nitrogens with two attached hydrogens (primary N) is 1. The molecule has 0 unspecified atom stereocenters. The Kier molecular flexibility index (Phi) is 5.91. The summed E-state index contributed by atoms with van der Waals surface area (Å²) in [4.78, 5) is 36.6. The molecule has 0 spiro atoms. The number of Topliss-reactive ketones (excluding diaryl/α,β-unsaturated/α-hetero) is 1. The van der Waals surface area contributed by atoms with Crippen LogP contribution in [0, 0.1) is 0 Å². The highest BCUT2D eigenvalue weighted by Crippen LogP contribution is 2.37. The fourth-order valence-electron chi connectivity index (χ4n) is 3.19. The third-order valence-electron chi connectivity index (χ3n) is 4.55. The van der Waals surface area contributed by atoms with Gasteiger partial charge in [-0.05, 0) is 62.4 Å². The number of rotatable bonds is 6. The first-order chi connectivity index (χ1) is 13.0. The summed E-state index contributed by atoms with van der Waals surface area (Å²) in [7, 11) is 0. The number of ketones is 1. The Bertz CT molecular complexity index is 871. The predicted molar refractivity (Wildman–Crippen MR) is 105 cm³/mol. The molecule has 0 atom stereocenters. The molecule has 2 amide bonds. The van der Waals surface area contributed by atoms with Crippen LogP contribution in [0.5, 0.6) is 5.75 Å². The van der Waals surface area contributed by atoms with E-state index in [0.717, 1.165) is 42.5 Å². The van der Waals surface area contributed by atoms with E-state index in [2.05, 4.69) is 5.32 Å². The third-order valence-corrected chi connectivity index (χ3v) is 5.76. The highest BCUT2D eigenvalue weighted by molar-refractivity contribution is 7.17. The molecule has 3 rings (SSSR count). The summed E-state index contributed by atoms with van der Waals surface area (Å²) < 4.78 is 5.46. The molecule has 0 radical (unpaired) electrons. The maximum Gasteiger partial charge on any atom is 0.262 e. The van der Waals surface area contributed by atoms with Crippen LogP contribution in [0.25, 0.3) is 0 Å². The van der Waals surface area contributed by atoms with Crippen LogP contribution in [0.1, 0.15) is 57.3 Å². The van der Waals surface area contributed by atoms with E-state index in [1.54, 1.807) is 24.3 Å². The van der Waals surface area contributed by atoms with E-state index < -0.39 is 5.91 Å². The van der Waals surface area contributed by atoms with Crippen molar-refractivity contribution < 1.29 is 19.1 Å². The Morgan fingerprint density at radius 3 is 2.48 bits per heavy atom. The fourth-order valence-corrected chi connectivity index (χ4v) is 4.50. The van der Waals surface area contributed by atoms with Gasteiger partial charge < -0.3 is 15.8 Å². The minimum atomic E-state index is -0.509. The predicted octanol–water partition coefficient (Wildman–Crippen LogP) is 3.34. The molecule has 7 heteroatoms. The van der Waals surface area contributed by atoms with Gasteiger partial charge in [0.2, 0.25) is 0 Å². The largest absolute Gasteiger partial charge is 0.484 e. The topological polar surface area (TPSA) is 98.5 Å². The number of fused-ring (bicyclic) bond motifs is 1. The number of carbonyl (C=O) groups is 3. The summed E-state index contributed by atoms with van der Waals surface area (Å²) in [5.41, 5.74) is 7.58. The number of nitrogens with one attached hydrogen (secondary N) is 1. The third kappa shape index (κ3) is 4.54. The molecule has 6 nitrogen and oxygen atoms in total. The second-order valence-corrected chi connectivity index (χ2v) is 7.66. The van der Waals surface area contributed by atoms with E-state index in [4.69, 9.17) is 10.5 Å². The summed E-state index contributed by atoms with van der Waals surface area (Å²) in [6.45, 7) is 1.29. The van der Waals surface area contributed by atoms with Crippen LogP contribution in [-0.4, -0.2) is 24.2 Å². The molecular weight excluding hydrogens is 364 g/mol. The zero-order valence-electron chi connectivity index (χ0n) is 15.2. The van der Waals surface area contributed by atoms with E-state index in [0.29, 0.717) is 21.9 Å². The van der Waals surface area contributed by atoms with Gasteiger partial charge in [-0.25, -0.2) is 0 Å². The van der Waals surface area contributed by atoms with Gasteiger partial charge in [-0.2, -0.15) is 0 Å². The Morgan fingerprint density at radius 2 is 1.81 bits per heavy atom. The van der Waals surface area contributed by atoms with Crippen LogP contribution in [0.4, 0.5) is 5.00 Å².